The van der Waals surface area contributed by atoms with Crippen molar-refractivity contribution in [3.05, 3.63) is 0 Å². The van der Waals surface area contributed by atoms with E-state index in [1.807, 2.05) is 6.92 Å². The summed E-state index contributed by atoms with van der Waals surface area (Å²) in [5, 5.41) is 0. The lowest BCUT2D eigenvalue weighted by Crippen LogP contribution is -2.41. The number of carbonyl (C=O) groups is 2. The Labute approximate surface area is 89.8 Å². The highest BCUT2D eigenvalue weighted by Crippen LogP contribution is 2.33. The maximum absolute atomic E-state index is 11.6. The number of nitrogens with zero attached hydrogens (tertiary/aromatic N) is 1. The van der Waals surface area contributed by atoms with Crippen molar-refractivity contribution in [1.29, 1.82) is 0 Å². The predicted octanol–water partition coefficient (Wildman–Crippen LogP) is 0.305. The molecule has 4 heteroatoms. The van der Waals surface area contributed by atoms with E-state index in [1.165, 1.54) is 0 Å². The van der Waals surface area contributed by atoms with Crippen LogP contribution in [0.3, 0.4) is 0 Å². The fraction of sp³-hybridized carbons (Fsp3) is 0.818. The standard InChI is InChI=1S/C11H18N2O2/c1-11(10(12)15)5-6-13(7-11)8-3-2-4-9(8)14/h8H,2-7H2,1H3,(H2,12,15). The molecule has 2 aliphatic rings. The summed E-state index contributed by atoms with van der Waals surface area (Å²) in [5.41, 5.74) is 4.95. The normalized spacial score (nSPS) is 37.4. The Balaban J connectivity index is 2.03. The molecule has 2 atom stereocenters. The van der Waals surface area contributed by atoms with Crippen molar-refractivity contribution < 1.29 is 9.59 Å². The van der Waals surface area contributed by atoms with Crippen LogP contribution < -0.4 is 5.73 Å². The van der Waals surface area contributed by atoms with Crippen molar-refractivity contribution in [3.63, 3.8) is 0 Å². The highest BCUT2D eigenvalue weighted by molar-refractivity contribution is 5.86. The van der Waals surface area contributed by atoms with Crippen LogP contribution in [0, 0.1) is 5.41 Å². The van der Waals surface area contributed by atoms with E-state index in [-0.39, 0.29) is 11.9 Å². The third-order valence-electron chi connectivity index (χ3n) is 3.81. The Morgan fingerprint density at radius 1 is 1.60 bits per heavy atom. The zero-order valence-corrected chi connectivity index (χ0v) is 9.16. The second-order valence-corrected chi connectivity index (χ2v) is 5.02. The Morgan fingerprint density at radius 3 is 2.80 bits per heavy atom. The third kappa shape index (κ3) is 1.78. The van der Waals surface area contributed by atoms with Crippen molar-refractivity contribution in [1.82, 2.24) is 4.90 Å². The SMILES string of the molecule is CC1(C(N)=O)CCN(C2CCCC2=O)C1. The zero-order chi connectivity index (χ0) is 11.1. The van der Waals surface area contributed by atoms with Gasteiger partial charge in [-0.3, -0.25) is 14.5 Å². The number of hydrogen-bond donors (Lipinski definition) is 1. The van der Waals surface area contributed by atoms with Crippen LogP contribution in [0.5, 0.6) is 0 Å². The number of primary amides is 1. The average molecular weight is 210 g/mol. The molecule has 2 N–H and O–H groups in total. The molecule has 0 radical (unpaired) electrons. The van der Waals surface area contributed by atoms with Gasteiger partial charge in [0, 0.05) is 13.0 Å². The molecule has 2 unspecified atom stereocenters. The second-order valence-electron chi connectivity index (χ2n) is 5.02. The molecular weight excluding hydrogens is 192 g/mol. The van der Waals surface area contributed by atoms with Gasteiger partial charge < -0.3 is 5.73 Å². The summed E-state index contributed by atoms with van der Waals surface area (Å²) in [5.74, 6) is 0.0965. The maximum Gasteiger partial charge on any atom is 0.224 e. The molecule has 4 nitrogen and oxygen atoms in total. The monoisotopic (exact) mass is 210 g/mol. The van der Waals surface area contributed by atoms with Gasteiger partial charge in [-0.25, -0.2) is 0 Å². The van der Waals surface area contributed by atoms with Crippen molar-refractivity contribution in [2.45, 2.75) is 38.6 Å². The summed E-state index contributed by atoms with van der Waals surface area (Å²) in [6.45, 7) is 3.38. The average Bonchev–Trinajstić information content (AvgIpc) is 2.73. The van der Waals surface area contributed by atoms with Gasteiger partial charge in [-0.2, -0.15) is 0 Å². The highest BCUT2D eigenvalue weighted by atomic mass is 16.1. The van der Waals surface area contributed by atoms with E-state index in [0.717, 1.165) is 25.8 Å². The molecule has 2 rings (SSSR count). The number of ketones is 1. The molecular formula is C11H18N2O2. The lowest BCUT2D eigenvalue weighted by atomic mass is 9.89. The largest absolute Gasteiger partial charge is 0.369 e. The van der Waals surface area contributed by atoms with Gasteiger partial charge in [0.15, 0.2) is 0 Å². The lowest BCUT2D eigenvalue weighted by molar-refractivity contribution is -0.127. The van der Waals surface area contributed by atoms with Crippen molar-refractivity contribution in [3.8, 4) is 0 Å². The Kier molecular flexibility index (Phi) is 2.54. The predicted molar refractivity (Wildman–Crippen MR) is 56.1 cm³/mol. The van der Waals surface area contributed by atoms with Crippen LogP contribution in [0.1, 0.15) is 32.6 Å². The van der Waals surface area contributed by atoms with E-state index < -0.39 is 5.41 Å². The van der Waals surface area contributed by atoms with Crippen molar-refractivity contribution in [2.75, 3.05) is 13.1 Å². The molecule has 15 heavy (non-hydrogen) atoms. The fourth-order valence-corrected chi connectivity index (χ4v) is 2.65. The van der Waals surface area contributed by atoms with Crippen LogP contribution in [-0.2, 0) is 9.59 Å². The molecule has 1 saturated heterocycles. The molecule has 1 aliphatic carbocycles. The second kappa shape index (κ2) is 3.59. The van der Waals surface area contributed by atoms with Crippen LogP contribution in [0.2, 0.25) is 0 Å². The lowest BCUT2D eigenvalue weighted by Gasteiger charge is -2.24. The molecule has 1 saturated carbocycles. The van der Waals surface area contributed by atoms with Gasteiger partial charge in [0.05, 0.1) is 11.5 Å². The van der Waals surface area contributed by atoms with Gasteiger partial charge in [-0.1, -0.05) is 0 Å². The Hall–Kier alpha value is -0.900. The molecule has 0 aromatic carbocycles. The molecule has 1 amide bonds. The van der Waals surface area contributed by atoms with Crippen LogP contribution in [0.4, 0.5) is 0 Å². The maximum atomic E-state index is 11.6. The van der Waals surface area contributed by atoms with Crippen molar-refractivity contribution >= 4 is 11.7 Å². The summed E-state index contributed by atoms with van der Waals surface area (Å²) >= 11 is 0. The zero-order valence-electron chi connectivity index (χ0n) is 9.16. The minimum Gasteiger partial charge on any atom is -0.369 e. The summed E-state index contributed by atoms with van der Waals surface area (Å²) in [6.07, 6.45) is 3.43. The minimum absolute atomic E-state index is 0.0613. The Bertz CT molecular complexity index is 303. The molecule has 1 aliphatic heterocycles. The topological polar surface area (TPSA) is 63.4 Å². The van der Waals surface area contributed by atoms with Crippen LogP contribution >= 0.6 is 0 Å². The third-order valence-corrected chi connectivity index (χ3v) is 3.81. The first-order valence-electron chi connectivity index (χ1n) is 5.60. The quantitative estimate of drug-likeness (QED) is 0.713. The fourth-order valence-electron chi connectivity index (χ4n) is 2.65. The number of hydrogen-bond acceptors (Lipinski definition) is 3. The summed E-state index contributed by atoms with van der Waals surface area (Å²) < 4.78 is 0. The smallest absolute Gasteiger partial charge is 0.224 e. The first-order chi connectivity index (χ1) is 7.03. The molecule has 0 bridgehead atoms. The van der Waals surface area contributed by atoms with Gasteiger partial charge in [0.25, 0.3) is 0 Å². The molecule has 84 valence electrons. The highest BCUT2D eigenvalue weighted by Gasteiger charge is 2.43. The van der Waals surface area contributed by atoms with Crippen molar-refractivity contribution in [2.24, 2.45) is 11.1 Å². The summed E-state index contributed by atoms with van der Waals surface area (Å²) in [4.78, 5) is 25.0. The number of amides is 1. The number of carbonyl (C=O) groups excluding carboxylic acids is 2. The number of Topliss-reactive ketones (excluding diaryl/α,β-unsaturated/α-hetero) is 1. The summed E-state index contributed by atoms with van der Waals surface area (Å²) in [6, 6.07) is 0.0613. The molecule has 1 heterocycles. The number of nitrogens with two attached hydrogens (primary N) is 1. The van der Waals surface area contributed by atoms with E-state index >= 15 is 0 Å². The van der Waals surface area contributed by atoms with E-state index in [9.17, 15) is 9.59 Å². The van der Waals surface area contributed by atoms with E-state index in [4.69, 9.17) is 5.73 Å². The van der Waals surface area contributed by atoms with Gasteiger partial charge in [0.1, 0.15) is 5.78 Å². The first kappa shape index (κ1) is 10.6. The van der Waals surface area contributed by atoms with Crippen LogP contribution in [0.15, 0.2) is 0 Å². The van der Waals surface area contributed by atoms with E-state index in [1.54, 1.807) is 0 Å². The first-order valence-corrected chi connectivity index (χ1v) is 5.60. The van der Waals surface area contributed by atoms with Crippen LogP contribution in [0.25, 0.3) is 0 Å². The minimum atomic E-state index is -0.428. The van der Waals surface area contributed by atoms with Crippen LogP contribution in [-0.4, -0.2) is 35.7 Å². The van der Waals surface area contributed by atoms with E-state index in [0.29, 0.717) is 18.7 Å². The molecule has 0 aromatic rings. The van der Waals surface area contributed by atoms with Gasteiger partial charge >= 0.3 is 0 Å². The number of likely N-dealkylation sites (tertiary alicyclic amines) is 1. The van der Waals surface area contributed by atoms with Gasteiger partial charge in [0.2, 0.25) is 5.91 Å². The molecule has 0 spiro atoms. The molecule has 0 aromatic heterocycles. The summed E-state index contributed by atoms with van der Waals surface area (Å²) in [7, 11) is 0. The Morgan fingerprint density at radius 2 is 2.33 bits per heavy atom. The number of rotatable bonds is 2. The molecule has 2 fully saturated rings. The van der Waals surface area contributed by atoms with Gasteiger partial charge in [-0.15, -0.1) is 0 Å². The van der Waals surface area contributed by atoms with Gasteiger partial charge in [-0.05, 0) is 32.7 Å². The van der Waals surface area contributed by atoms with E-state index in [2.05, 4.69) is 4.90 Å².